The van der Waals surface area contributed by atoms with Gasteiger partial charge in [0.1, 0.15) is 0 Å². The van der Waals surface area contributed by atoms with Crippen LogP contribution in [0.5, 0.6) is 0 Å². The molecule has 2 N–H and O–H groups in total. The summed E-state index contributed by atoms with van der Waals surface area (Å²) in [4.78, 5) is 5.26. The van der Waals surface area contributed by atoms with E-state index in [9.17, 15) is 0 Å². The number of nitrogens with zero attached hydrogens (tertiary/aromatic N) is 2. The summed E-state index contributed by atoms with van der Waals surface area (Å²) in [6, 6.07) is 1.48. The third-order valence-electron chi connectivity index (χ3n) is 5.43. The lowest BCUT2D eigenvalue weighted by Gasteiger charge is -2.48. The fraction of sp³-hybridized carbons (Fsp3) is 1.00. The molecule has 1 aliphatic heterocycles. The molecule has 1 aliphatic carbocycles. The van der Waals surface area contributed by atoms with Gasteiger partial charge in [0.2, 0.25) is 0 Å². The van der Waals surface area contributed by atoms with Gasteiger partial charge in [0.15, 0.2) is 0 Å². The van der Waals surface area contributed by atoms with Crippen molar-refractivity contribution in [3.8, 4) is 0 Å². The van der Waals surface area contributed by atoms with E-state index in [1.807, 2.05) is 0 Å². The van der Waals surface area contributed by atoms with Crippen molar-refractivity contribution in [3.63, 3.8) is 0 Å². The Bertz CT molecular complexity index is 262. The van der Waals surface area contributed by atoms with E-state index in [-0.39, 0.29) is 5.54 Å². The molecular weight excluding hydrogens is 222 g/mol. The van der Waals surface area contributed by atoms with Crippen molar-refractivity contribution in [2.75, 3.05) is 26.7 Å². The van der Waals surface area contributed by atoms with E-state index in [0.717, 1.165) is 12.6 Å². The second kappa shape index (κ2) is 5.89. The van der Waals surface area contributed by atoms with E-state index in [1.54, 1.807) is 0 Å². The van der Waals surface area contributed by atoms with Gasteiger partial charge in [0.25, 0.3) is 0 Å². The lowest BCUT2D eigenvalue weighted by atomic mass is 9.82. The van der Waals surface area contributed by atoms with Crippen LogP contribution in [-0.4, -0.2) is 54.1 Å². The van der Waals surface area contributed by atoms with Crippen molar-refractivity contribution in [2.45, 2.75) is 70.0 Å². The Balaban J connectivity index is 2.02. The Hall–Kier alpha value is -0.120. The van der Waals surface area contributed by atoms with Gasteiger partial charge in [-0.3, -0.25) is 4.90 Å². The maximum atomic E-state index is 6.19. The van der Waals surface area contributed by atoms with Gasteiger partial charge in [-0.25, -0.2) is 0 Å². The minimum Gasteiger partial charge on any atom is -0.329 e. The molecule has 1 atom stereocenters. The summed E-state index contributed by atoms with van der Waals surface area (Å²) in [6.07, 6.45) is 7.99. The van der Waals surface area contributed by atoms with Crippen LogP contribution in [0.15, 0.2) is 0 Å². The second-order valence-electron chi connectivity index (χ2n) is 6.61. The van der Waals surface area contributed by atoms with Crippen molar-refractivity contribution >= 4 is 0 Å². The zero-order valence-corrected chi connectivity index (χ0v) is 12.5. The minimum atomic E-state index is 0.273. The topological polar surface area (TPSA) is 32.5 Å². The van der Waals surface area contributed by atoms with E-state index >= 15 is 0 Å². The molecule has 0 radical (unpaired) electrons. The average molecular weight is 253 g/mol. The van der Waals surface area contributed by atoms with Crippen LogP contribution >= 0.6 is 0 Å². The Morgan fingerprint density at radius 2 is 1.94 bits per heavy atom. The molecule has 0 aromatic heterocycles. The summed E-state index contributed by atoms with van der Waals surface area (Å²) in [7, 11) is 2.32. The quantitative estimate of drug-likeness (QED) is 0.832. The summed E-state index contributed by atoms with van der Waals surface area (Å²) < 4.78 is 0. The zero-order chi connectivity index (χ0) is 13.2. The zero-order valence-electron chi connectivity index (χ0n) is 12.5. The van der Waals surface area contributed by atoms with Crippen molar-refractivity contribution in [3.05, 3.63) is 0 Å². The molecule has 0 aromatic rings. The fourth-order valence-corrected chi connectivity index (χ4v) is 3.58. The van der Waals surface area contributed by atoms with Gasteiger partial charge in [-0.1, -0.05) is 6.42 Å². The van der Waals surface area contributed by atoms with Gasteiger partial charge in [-0.2, -0.15) is 0 Å². The van der Waals surface area contributed by atoms with E-state index in [0.29, 0.717) is 6.04 Å². The second-order valence-corrected chi connectivity index (χ2v) is 6.61. The molecule has 0 aromatic carbocycles. The number of rotatable bonds is 4. The van der Waals surface area contributed by atoms with Crippen LogP contribution in [0.25, 0.3) is 0 Å². The lowest BCUT2D eigenvalue weighted by Crippen LogP contribution is -2.58. The normalized spacial score (nSPS) is 31.7. The van der Waals surface area contributed by atoms with Crippen LogP contribution in [0, 0.1) is 0 Å². The molecule has 1 saturated heterocycles. The van der Waals surface area contributed by atoms with E-state index in [2.05, 4.69) is 30.7 Å². The fourth-order valence-electron chi connectivity index (χ4n) is 3.58. The molecule has 3 heteroatoms. The Morgan fingerprint density at radius 3 is 2.44 bits per heavy atom. The Morgan fingerprint density at radius 1 is 1.22 bits per heavy atom. The van der Waals surface area contributed by atoms with Crippen LogP contribution in [-0.2, 0) is 0 Å². The lowest BCUT2D eigenvalue weighted by molar-refractivity contribution is 0.0269. The summed E-state index contributed by atoms with van der Waals surface area (Å²) in [6.45, 7) is 7.91. The van der Waals surface area contributed by atoms with Gasteiger partial charge < -0.3 is 10.6 Å². The van der Waals surface area contributed by atoms with Crippen molar-refractivity contribution in [1.29, 1.82) is 0 Å². The van der Waals surface area contributed by atoms with Crippen LogP contribution < -0.4 is 5.73 Å². The summed E-state index contributed by atoms with van der Waals surface area (Å²) in [5.41, 5.74) is 6.46. The van der Waals surface area contributed by atoms with Gasteiger partial charge >= 0.3 is 0 Å². The molecule has 2 rings (SSSR count). The number of hydrogen-bond donors (Lipinski definition) is 1. The summed E-state index contributed by atoms with van der Waals surface area (Å²) >= 11 is 0. The van der Waals surface area contributed by atoms with Crippen LogP contribution in [0.2, 0.25) is 0 Å². The van der Waals surface area contributed by atoms with E-state index in [4.69, 9.17) is 5.73 Å². The number of likely N-dealkylation sites (tertiary alicyclic amines) is 1. The van der Waals surface area contributed by atoms with Crippen molar-refractivity contribution < 1.29 is 0 Å². The maximum Gasteiger partial charge on any atom is 0.0344 e. The Labute approximate surface area is 113 Å². The highest BCUT2D eigenvalue weighted by Crippen LogP contribution is 2.35. The predicted molar refractivity (Wildman–Crippen MR) is 77.7 cm³/mol. The highest BCUT2D eigenvalue weighted by atomic mass is 15.2. The van der Waals surface area contributed by atoms with Crippen molar-refractivity contribution in [1.82, 2.24) is 9.80 Å². The van der Waals surface area contributed by atoms with Gasteiger partial charge in [0, 0.05) is 30.7 Å². The van der Waals surface area contributed by atoms with Gasteiger partial charge in [-0.15, -0.1) is 0 Å². The standard InChI is InChI=1S/C15H31N3/c1-13(2)18-10-5-8-15(12-16,9-11-18)17(3)14-6-4-7-14/h13-14H,4-12,16H2,1-3H3. The molecule has 1 unspecified atom stereocenters. The molecule has 3 nitrogen and oxygen atoms in total. The third-order valence-corrected chi connectivity index (χ3v) is 5.43. The van der Waals surface area contributed by atoms with E-state index in [1.165, 1.54) is 51.6 Å². The minimum absolute atomic E-state index is 0.273. The highest BCUT2D eigenvalue weighted by Gasteiger charge is 2.40. The van der Waals surface area contributed by atoms with Gasteiger partial charge in [0.05, 0.1) is 0 Å². The monoisotopic (exact) mass is 253 g/mol. The number of nitrogens with two attached hydrogens (primary N) is 1. The van der Waals surface area contributed by atoms with Gasteiger partial charge in [-0.05, 0) is 59.5 Å². The molecule has 1 saturated carbocycles. The Kier molecular flexibility index (Phi) is 4.68. The van der Waals surface area contributed by atoms with Crippen LogP contribution in [0.4, 0.5) is 0 Å². The highest BCUT2D eigenvalue weighted by molar-refractivity contribution is 4.97. The molecule has 106 valence electrons. The number of likely N-dealkylation sites (N-methyl/N-ethyl adjacent to an activating group) is 1. The first-order valence-electron chi connectivity index (χ1n) is 7.76. The maximum absolute atomic E-state index is 6.19. The summed E-state index contributed by atoms with van der Waals surface area (Å²) in [5.74, 6) is 0. The van der Waals surface area contributed by atoms with E-state index < -0.39 is 0 Å². The van der Waals surface area contributed by atoms with Crippen molar-refractivity contribution in [2.24, 2.45) is 5.73 Å². The molecule has 2 aliphatic rings. The molecule has 0 amide bonds. The van der Waals surface area contributed by atoms with Crippen LogP contribution in [0.1, 0.15) is 52.4 Å². The third kappa shape index (κ3) is 2.73. The van der Waals surface area contributed by atoms with Crippen LogP contribution in [0.3, 0.4) is 0 Å². The first-order valence-corrected chi connectivity index (χ1v) is 7.76. The predicted octanol–water partition coefficient (Wildman–Crippen LogP) is 2.06. The molecule has 2 fully saturated rings. The first kappa shape index (κ1) is 14.3. The smallest absolute Gasteiger partial charge is 0.0344 e. The first-order chi connectivity index (χ1) is 8.59. The molecule has 1 heterocycles. The molecule has 18 heavy (non-hydrogen) atoms. The molecule has 0 spiro atoms. The molecular formula is C15H31N3. The number of hydrogen-bond acceptors (Lipinski definition) is 3. The SMILES string of the molecule is CC(C)N1CCCC(CN)(N(C)C2CCC2)CC1. The molecule has 0 bridgehead atoms. The largest absolute Gasteiger partial charge is 0.329 e. The average Bonchev–Trinajstić information content (AvgIpc) is 2.49. The summed E-state index contributed by atoms with van der Waals surface area (Å²) in [5, 5.41) is 0.